The van der Waals surface area contributed by atoms with Gasteiger partial charge < -0.3 is 20.4 Å². The van der Waals surface area contributed by atoms with Crippen molar-refractivity contribution in [3.63, 3.8) is 0 Å². The van der Waals surface area contributed by atoms with E-state index in [1.54, 1.807) is 10.6 Å². The molecule has 7 heteroatoms. The Balaban J connectivity index is 1.32. The second-order valence-electron chi connectivity index (χ2n) is 8.28. The van der Waals surface area contributed by atoms with Gasteiger partial charge in [0.15, 0.2) is 0 Å². The maximum atomic E-state index is 13.9. The first-order valence-corrected chi connectivity index (χ1v) is 10.4. The van der Waals surface area contributed by atoms with Gasteiger partial charge in [-0.1, -0.05) is 12.1 Å². The molecule has 2 aromatic carbocycles. The first kappa shape index (κ1) is 19.1. The van der Waals surface area contributed by atoms with Crippen molar-refractivity contribution in [2.75, 3.05) is 0 Å². The Morgan fingerprint density at radius 3 is 3.07 bits per heavy atom. The van der Waals surface area contributed by atoms with Crippen LogP contribution in [0.3, 0.4) is 0 Å². The van der Waals surface area contributed by atoms with Crippen molar-refractivity contribution in [3.8, 4) is 0 Å². The minimum atomic E-state index is -0.704. The van der Waals surface area contributed by atoms with E-state index >= 15 is 0 Å². The van der Waals surface area contributed by atoms with Crippen molar-refractivity contribution in [3.05, 3.63) is 70.0 Å². The summed E-state index contributed by atoms with van der Waals surface area (Å²) < 4.78 is 15.6. The van der Waals surface area contributed by atoms with Crippen molar-refractivity contribution in [1.82, 2.24) is 19.9 Å². The molecule has 3 atom stereocenters. The number of aliphatic hydroxyl groups is 1. The standard InChI is InChI=1S/C23H25FN4O2/c1-13(5-6-14-11-16(24)12-15-7-9-25-20(14)15)26-19-8-10-28-21-17(22(19)29)3-2-4-18(21)27-23(28)30/h2-4,7,9,11-13,19,22,25-26,29H,5-6,8,10H2,1H3,(H,27,30)/t13-,19-,22-/m1/s1. The van der Waals surface area contributed by atoms with E-state index in [0.717, 1.165) is 45.9 Å². The number of halogens is 1. The summed E-state index contributed by atoms with van der Waals surface area (Å²) in [5.41, 5.74) is 4.11. The van der Waals surface area contributed by atoms with Gasteiger partial charge in [-0.3, -0.25) is 4.57 Å². The van der Waals surface area contributed by atoms with E-state index in [1.165, 1.54) is 6.07 Å². The first-order valence-electron chi connectivity index (χ1n) is 10.4. The molecule has 0 fully saturated rings. The molecule has 0 unspecified atom stereocenters. The van der Waals surface area contributed by atoms with E-state index in [-0.39, 0.29) is 23.6 Å². The molecule has 2 aromatic heterocycles. The van der Waals surface area contributed by atoms with Gasteiger partial charge in [0.05, 0.1) is 17.1 Å². The molecule has 3 heterocycles. The maximum Gasteiger partial charge on any atom is 0.326 e. The molecule has 4 aromatic rings. The minimum absolute atomic E-state index is 0.118. The molecule has 1 aliphatic heterocycles. The third-order valence-electron chi connectivity index (χ3n) is 6.24. The average Bonchev–Trinajstić information content (AvgIpc) is 3.28. The summed E-state index contributed by atoms with van der Waals surface area (Å²) in [6, 6.07) is 10.6. The highest BCUT2D eigenvalue weighted by Gasteiger charge is 2.29. The molecular formula is C23H25FN4O2. The number of aromatic amines is 2. The van der Waals surface area contributed by atoms with Gasteiger partial charge in [0.1, 0.15) is 5.82 Å². The van der Waals surface area contributed by atoms with Crippen molar-refractivity contribution < 1.29 is 9.50 Å². The smallest absolute Gasteiger partial charge is 0.326 e. The quantitative estimate of drug-likeness (QED) is 0.408. The van der Waals surface area contributed by atoms with Crippen LogP contribution < -0.4 is 11.0 Å². The lowest BCUT2D eigenvalue weighted by molar-refractivity contribution is 0.119. The monoisotopic (exact) mass is 408 g/mol. The number of aryl methyl sites for hydroxylation is 2. The number of imidazole rings is 1. The Kier molecular flexibility index (Phi) is 4.72. The second-order valence-corrected chi connectivity index (χ2v) is 8.28. The zero-order chi connectivity index (χ0) is 20.8. The first-order chi connectivity index (χ1) is 14.5. The number of H-pyrrole nitrogens is 2. The third-order valence-corrected chi connectivity index (χ3v) is 6.24. The number of rotatable bonds is 5. The predicted octanol–water partition coefficient (Wildman–Crippen LogP) is 3.37. The van der Waals surface area contributed by atoms with Gasteiger partial charge >= 0.3 is 5.69 Å². The number of nitrogens with zero attached hydrogens (tertiary/aromatic N) is 1. The second kappa shape index (κ2) is 7.41. The Labute approximate surface area is 172 Å². The summed E-state index contributed by atoms with van der Waals surface area (Å²) in [5, 5.41) is 15.5. The largest absolute Gasteiger partial charge is 0.387 e. The normalized spacial score (nSPS) is 20.0. The molecule has 0 saturated heterocycles. The zero-order valence-corrected chi connectivity index (χ0v) is 16.8. The molecule has 1 aliphatic rings. The van der Waals surface area contributed by atoms with Crippen LogP contribution in [0.2, 0.25) is 0 Å². The van der Waals surface area contributed by atoms with Crippen molar-refractivity contribution >= 4 is 21.9 Å². The third kappa shape index (κ3) is 3.24. The molecule has 0 radical (unpaired) electrons. The maximum absolute atomic E-state index is 13.9. The number of fused-ring (bicyclic) bond motifs is 1. The number of hydrogen-bond acceptors (Lipinski definition) is 3. The van der Waals surface area contributed by atoms with Crippen LogP contribution in [0.1, 0.15) is 37.0 Å². The average molecular weight is 408 g/mol. The summed E-state index contributed by atoms with van der Waals surface area (Å²) in [6.45, 7) is 2.63. The summed E-state index contributed by atoms with van der Waals surface area (Å²) in [4.78, 5) is 18.3. The van der Waals surface area contributed by atoms with E-state index in [4.69, 9.17) is 0 Å². The van der Waals surface area contributed by atoms with Gasteiger partial charge in [0, 0.05) is 41.3 Å². The number of nitrogens with one attached hydrogen (secondary N) is 3. The molecule has 0 aliphatic carbocycles. The highest BCUT2D eigenvalue weighted by atomic mass is 19.1. The Hall–Kier alpha value is -2.90. The summed E-state index contributed by atoms with van der Waals surface area (Å²) in [7, 11) is 0. The van der Waals surface area contributed by atoms with E-state index in [2.05, 4.69) is 22.2 Å². The minimum Gasteiger partial charge on any atom is -0.387 e. The van der Waals surface area contributed by atoms with Gasteiger partial charge in [-0.15, -0.1) is 0 Å². The lowest BCUT2D eigenvalue weighted by Crippen LogP contribution is -2.41. The molecule has 0 amide bonds. The lowest BCUT2D eigenvalue weighted by Gasteiger charge is -2.26. The van der Waals surface area contributed by atoms with Crippen LogP contribution in [0.25, 0.3) is 21.9 Å². The van der Waals surface area contributed by atoms with Gasteiger partial charge in [-0.25, -0.2) is 9.18 Å². The molecule has 5 rings (SSSR count). The van der Waals surface area contributed by atoms with E-state index in [9.17, 15) is 14.3 Å². The Morgan fingerprint density at radius 1 is 1.33 bits per heavy atom. The fraction of sp³-hybridized carbons (Fsp3) is 0.348. The number of para-hydroxylation sites is 1. The molecule has 0 spiro atoms. The van der Waals surface area contributed by atoms with Crippen LogP contribution in [0.4, 0.5) is 4.39 Å². The number of benzene rings is 2. The zero-order valence-electron chi connectivity index (χ0n) is 16.8. The molecule has 30 heavy (non-hydrogen) atoms. The van der Waals surface area contributed by atoms with Gasteiger partial charge in [0.2, 0.25) is 0 Å². The molecule has 0 saturated carbocycles. The molecule has 0 bridgehead atoms. The highest BCUT2D eigenvalue weighted by Crippen LogP contribution is 2.30. The van der Waals surface area contributed by atoms with Crippen molar-refractivity contribution in [1.29, 1.82) is 0 Å². The highest BCUT2D eigenvalue weighted by molar-refractivity contribution is 5.82. The number of aliphatic hydroxyl groups excluding tert-OH is 1. The fourth-order valence-electron chi connectivity index (χ4n) is 4.74. The van der Waals surface area contributed by atoms with Crippen LogP contribution in [0.15, 0.2) is 47.4 Å². The van der Waals surface area contributed by atoms with Crippen molar-refractivity contribution in [2.24, 2.45) is 0 Å². The van der Waals surface area contributed by atoms with Crippen LogP contribution in [-0.4, -0.2) is 31.7 Å². The fourth-order valence-corrected chi connectivity index (χ4v) is 4.74. The van der Waals surface area contributed by atoms with E-state index < -0.39 is 6.10 Å². The topological polar surface area (TPSA) is 85.8 Å². The number of hydrogen-bond donors (Lipinski definition) is 4. The van der Waals surface area contributed by atoms with E-state index in [0.29, 0.717) is 13.0 Å². The van der Waals surface area contributed by atoms with Crippen LogP contribution in [0.5, 0.6) is 0 Å². The summed E-state index contributed by atoms with van der Waals surface area (Å²) in [5.74, 6) is -0.225. The molecule has 6 nitrogen and oxygen atoms in total. The Bertz CT molecular complexity index is 1270. The SMILES string of the molecule is C[C@H](CCc1cc(F)cc2cc[nH]c12)N[C@@H]1CCn2c(=O)[nH]c3cccc(c32)[C@H]1O. The van der Waals surface area contributed by atoms with Gasteiger partial charge in [0.25, 0.3) is 0 Å². The molecule has 4 N–H and O–H groups in total. The Morgan fingerprint density at radius 2 is 2.20 bits per heavy atom. The molecular weight excluding hydrogens is 383 g/mol. The van der Waals surface area contributed by atoms with Crippen LogP contribution >= 0.6 is 0 Å². The van der Waals surface area contributed by atoms with Crippen LogP contribution in [-0.2, 0) is 13.0 Å². The predicted molar refractivity (Wildman–Crippen MR) is 115 cm³/mol. The van der Waals surface area contributed by atoms with Gasteiger partial charge in [-0.05, 0) is 56.0 Å². The number of aromatic nitrogens is 3. The van der Waals surface area contributed by atoms with Gasteiger partial charge in [-0.2, -0.15) is 0 Å². The lowest BCUT2D eigenvalue weighted by atomic mass is 9.98. The van der Waals surface area contributed by atoms with E-state index in [1.807, 2.05) is 30.5 Å². The summed E-state index contributed by atoms with van der Waals surface area (Å²) >= 11 is 0. The molecule has 156 valence electrons. The summed E-state index contributed by atoms with van der Waals surface area (Å²) in [6.07, 6.45) is 3.30. The van der Waals surface area contributed by atoms with Crippen molar-refractivity contribution in [2.45, 2.75) is 50.9 Å². The van der Waals surface area contributed by atoms with Crippen LogP contribution in [0, 0.1) is 5.82 Å².